The zero-order valence-corrected chi connectivity index (χ0v) is 15.3. The van der Waals surface area contributed by atoms with Gasteiger partial charge in [-0.1, -0.05) is 0 Å². The van der Waals surface area contributed by atoms with E-state index >= 15 is 0 Å². The quantitative estimate of drug-likeness (QED) is 0.319. The van der Waals surface area contributed by atoms with Gasteiger partial charge in [0.25, 0.3) is 0 Å². The van der Waals surface area contributed by atoms with Crippen LogP contribution in [0.4, 0.5) is 0 Å². The van der Waals surface area contributed by atoms with Crippen molar-refractivity contribution >= 4 is 41.3 Å². The summed E-state index contributed by atoms with van der Waals surface area (Å²) < 4.78 is 4.76. The number of thioether (sulfide) groups is 2. The van der Waals surface area contributed by atoms with Crippen molar-refractivity contribution in [3.8, 4) is 0 Å². The van der Waals surface area contributed by atoms with Crippen molar-refractivity contribution in [2.45, 2.75) is 19.0 Å². The van der Waals surface area contributed by atoms with E-state index in [4.69, 9.17) is 4.74 Å². The number of carbonyl (C=O) groups is 3. The molecule has 0 rings (SSSR count). The van der Waals surface area contributed by atoms with Gasteiger partial charge in [-0.3, -0.25) is 9.59 Å². The van der Waals surface area contributed by atoms with Crippen LogP contribution >= 0.6 is 23.5 Å². The molecule has 0 aromatic heterocycles. The van der Waals surface area contributed by atoms with Crippen molar-refractivity contribution < 1.29 is 19.1 Å². The molecule has 0 aromatic carbocycles. The number of ether oxygens (including phenoxy) is 1. The Kier molecular flexibility index (Phi) is 11.1. The number of hydrogen-bond acceptors (Lipinski definition) is 7. The maximum absolute atomic E-state index is 12.5. The summed E-state index contributed by atoms with van der Waals surface area (Å²) in [5.74, 6) is 0.698. The molecule has 2 N–H and O–H groups in total. The topological polar surface area (TPSA) is 87.7 Å². The van der Waals surface area contributed by atoms with Gasteiger partial charge in [0.05, 0.1) is 19.0 Å². The van der Waals surface area contributed by atoms with E-state index in [2.05, 4.69) is 10.6 Å². The highest BCUT2D eigenvalue weighted by Crippen LogP contribution is 2.10. The van der Waals surface area contributed by atoms with Gasteiger partial charge in [-0.15, -0.1) is 11.8 Å². The fourth-order valence-corrected chi connectivity index (χ4v) is 3.28. The van der Waals surface area contributed by atoms with E-state index in [1.165, 1.54) is 42.5 Å². The van der Waals surface area contributed by atoms with Crippen LogP contribution in [-0.2, 0) is 19.1 Å². The van der Waals surface area contributed by atoms with Gasteiger partial charge in [-0.2, -0.15) is 11.8 Å². The number of methoxy groups -OCH3 is 1. The van der Waals surface area contributed by atoms with Gasteiger partial charge in [0.2, 0.25) is 11.8 Å². The van der Waals surface area contributed by atoms with Crippen molar-refractivity contribution in [2.24, 2.45) is 0 Å². The SMILES string of the molecule is CN[C@@H](CSCNC(C)=O)C(=O)N(C)[C@@H](CSC)C(=O)OC. The van der Waals surface area contributed by atoms with Crippen LogP contribution in [0.2, 0.25) is 0 Å². The largest absolute Gasteiger partial charge is 0.467 e. The van der Waals surface area contributed by atoms with Gasteiger partial charge in [0, 0.05) is 25.5 Å². The van der Waals surface area contributed by atoms with Crippen molar-refractivity contribution in [1.29, 1.82) is 0 Å². The number of nitrogens with one attached hydrogen (secondary N) is 2. The summed E-state index contributed by atoms with van der Waals surface area (Å²) in [4.78, 5) is 36.5. The fourth-order valence-electron chi connectivity index (χ4n) is 1.64. The van der Waals surface area contributed by atoms with Crippen LogP contribution in [0.1, 0.15) is 6.92 Å². The summed E-state index contributed by atoms with van der Waals surface area (Å²) in [5, 5.41) is 5.60. The molecule has 0 radical (unpaired) electrons. The highest BCUT2D eigenvalue weighted by atomic mass is 32.2. The molecule has 0 bridgehead atoms. The lowest BCUT2D eigenvalue weighted by atomic mass is 10.2. The summed E-state index contributed by atoms with van der Waals surface area (Å²) >= 11 is 2.91. The lowest BCUT2D eigenvalue weighted by molar-refractivity contribution is -0.151. The lowest BCUT2D eigenvalue weighted by Gasteiger charge is -2.29. The average Bonchev–Trinajstić information content (AvgIpc) is 2.50. The summed E-state index contributed by atoms with van der Waals surface area (Å²) in [5.41, 5.74) is 0. The van der Waals surface area contributed by atoms with E-state index in [1.54, 1.807) is 14.1 Å². The van der Waals surface area contributed by atoms with E-state index in [0.29, 0.717) is 17.4 Å². The number of likely N-dealkylation sites (N-methyl/N-ethyl adjacent to an activating group) is 2. The number of hydrogen-bond donors (Lipinski definition) is 2. The summed E-state index contributed by atoms with van der Waals surface area (Å²) in [6.45, 7) is 1.44. The lowest BCUT2D eigenvalue weighted by Crippen LogP contribution is -2.52. The van der Waals surface area contributed by atoms with E-state index in [9.17, 15) is 14.4 Å². The zero-order chi connectivity index (χ0) is 17.1. The molecule has 0 aliphatic carbocycles. The smallest absolute Gasteiger partial charge is 0.329 e. The van der Waals surface area contributed by atoms with Gasteiger partial charge >= 0.3 is 5.97 Å². The van der Waals surface area contributed by atoms with E-state index in [0.717, 1.165) is 0 Å². The highest BCUT2D eigenvalue weighted by Gasteiger charge is 2.30. The molecule has 0 saturated heterocycles. The van der Waals surface area contributed by atoms with Crippen LogP contribution in [0.3, 0.4) is 0 Å². The Morgan fingerprint density at radius 1 is 1.27 bits per heavy atom. The molecule has 0 unspecified atom stereocenters. The number of amides is 2. The minimum absolute atomic E-state index is 0.109. The second-order valence-electron chi connectivity index (χ2n) is 4.53. The van der Waals surface area contributed by atoms with E-state index in [-0.39, 0.29) is 11.8 Å². The maximum Gasteiger partial charge on any atom is 0.329 e. The fraction of sp³-hybridized carbons (Fsp3) is 0.769. The van der Waals surface area contributed by atoms with Gasteiger partial charge < -0.3 is 20.3 Å². The highest BCUT2D eigenvalue weighted by molar-refractivity contribution is 7.99. The molecular weight excluding hydrogens is 326 g/mol. The molecule has 2 amide bonds. The minimum Gasteiger partial charge on any atom is -0.467 e. The van der Waals surface area contributed by atoms with Crippen molar-refractivity contribution in [2.75, 3.05) is 44.8 Å². The molecule has 22 heavy (non-hydrogen) atoms. The maximum atomic E-state index is 12.5. The molecular formula is C13H25N3O4S2. The third kappa shape index (κ3) is 7.37. The third-order valence-corrected chi connectivity index (χ3v) is 4.53. The van der Waals surface area contributed by atoms with Crippen LogP contribution in [-0.4, -0.2) is 79.6 Å². The standard InChI is InChI=1S/C13H25N3O4S2/c1-9(17)15-8-22-6-10(14-2)12(18)16(3)11(7-21-5)13(19)20-4/h10-11,14H,6-8H2,1-5H3,(H,15,17)/t10-,11-/m0/s1. The summed E-state index contributed by atoms with van der Waals surface area (Å²) in [6, 6.07) is -1.04. The number of esters is 1. The van der Waals surface area contributed by atoms with Gasteiger partial charge in [-0.05, 0) is 13.3 Å². The van der Waals surface area contributed by atoms with E-state index in [1.807, 2.05) is 6.26 Å². The predicted molar refractivity (Wildman–Crippen MR) is 90.9 cm³/mol. The van der Waals surface area contributed by atoms with E-state index < -0.39 is 18.1 Å². The third-order valence-electron chi connectivity index (χ3n) is 2.97. The van der Waals surface area contributed by atoms with Gasteiger partial charge in [0.15, 0.2) is 0 Å². The Morgan fingerprint density at radius 2 is 1.91 bits per heavy atom. The second kappa shape index (κ2) is 11.6. The Hall–Kier alpha value is -0.930. The summed E-state index contributed by atoms with van der Waals surface area (Å²) in [7, 11) is 4.60. The first-order chi connectivity index (χ1) is 10.4. The molecule has 9 heteroatoms. The number of rotatable bonds is 10. The predicted octanol–water partition coefficient (Wildman–Crippen LogP) is -0.236. The average molecular weight is 351 g/mol. The number of nitrogens with zero attached hydrogens (tertiary/aromatic N) is 1. The second-order valence-corrected chi connectivity index (χ2v) is 6.47. The van der Waals surface area contributed by atoms with Gasteiger partial charge in [-0.25, -0.2) is 4.79 Å². The Labute approximate surface area is 140 Å². The van der Waals surface area contributed by atoms with Crippen LogP contribution in [0, 0.1) is 0 Å². The first-order valence-electron chi connectivity index (χ1n) is 6.71. The summed E-state index contributed by atoms with van der Waals surface area (Å²) in [6.07, 6.45) is 1.87. The Bertz CT molecular complexity index is 382. The molecule has 0 aliphatic rings. The van der Waals surface area contributed by atoms with Crippen LogP contribution in [0.5, 0.6) is 0 Å². The molecule has 0 saturated carbocycles. The molecule has 0 aliphatic heterocycles. The molecule has 128 valence electrons. The van der Waals surface area contributed by atoms with Crippen LogP contribution in [0.15, 0.2) is 0 Å². The molecule has 0 aromatic rings. The Balaban J connectivity index is 4.63. The molecule has 2 atom stereocenters. The molecule has 0 fully saturated rings. The molecule has 0 spiro atoms. The van der Waals surface area contributed by atoms with Crippen molar-refractivity contribution in [3.05, 3.63) is 0 Å². The first kappa shape index (κ1) is 21.1. The molecule has 0 heterocycles. The monoisotopic (exact) mass is 351 g/mol. The minimum atomic E-state index is -0.608. The van der Waals surface area contributed by atoms with Crippen molar-refractivity contribution in [1.82, 2.24) is 15.5 Å². The number of carbonyl (C=O) groups excluding carboxylic acids is 3. The van der Waals surface area contributed by atoms with Gasteiger partial charge in [0.1, 0.15) is 6.04 Å². The van der Waals surface area contributed by atoms with Crippen LogP contribution in [0.25, 0.3) is 0 Å². The van der Waals surface area contributed by atoms with Crippen LogP contribution < -0.4 is 10.6 Å². The molecule has 7 nitrogen and oxygen atoms in total. The van der Waals surface area contributed by atoms with Crippen molar-refractivity contribution in [3.63, 3.8) is 0 Å². The first-order valence-corrected chi connectivity index (χ1v) is 9.26. The Morgan fingerprint density at radius 3 is 2.36 bits per heavy atom. The zero-order valence-electron chi connectivity index (χ0n) is 13.7. The normalized spacial score (nSPS) is 13.1.